The Bertz CT molecular complexity index is 546. The first kappa shape index (κ1) is 18.1. The van der Waals surface area contributed by atoms with E-state index in [1.165, 1.54) is 6.42 Å². The van der Waals surface area contributed by atoms with E-state index >= 15 is 0 Å². The molecule has 1 N–H and O–H groups in total. The molecule has 2 aliphatic rings. The molecule has 6 heteroatoms. The van der Waals surface area contributed by atoms with Crippen LogP contribution in [0.3, 0.4) is 0 Å². The molecule has 2 atom stereocenters. The third-order valence-corrected chi connectivity index (χ3v) is 5.51. The summed E-state index contributed by atoms with van der Waals surface area (Å²) in [4.78, 5) is 23.2. The lowest BCUT2D eigenvalue weighted by atomic mass is 9.86. The average Bonchev–Trinajstić information content (AvgIpc) is 2.65. The highest BCUT2D eigenvalue weighted by Gasteiger charge is 2.27. The van der Waals surface area contributed by atoms with Crippen molar-refractivity contribution in [1.82, 2.24) is 14.8 Å². The van der Waals surface area contributed by atoms with Crippen LogP contribution in [0.25, 0.3) is 0 Å². The quantitative estimate of drug-likeness (QED) is 0.868. The molecule has 1 saturated carbocycles. The van der Waals surface area contributed by atoms with Crippen LogP contribution in [0.1, 0.15) is 25.7 Å². The number of aromatic nitrogens is 1. The molecule has 138 valence electrons. The van der Waals surface area contributed by atoms with E-state index < -0.39 is 0 Å². The summed E-state index contributed by atoms with van der Waals surface area (Å²) in [6, 6.07) is 5.97. The number of aliphatic hydroxyl groups excluding tert-OH is 1. The summed E-state index contributed by atoms with van der Waals surface area (Å²) in [7, 11) is 1.87. The summed E-state index contributed by atoms with van der Waals surface area (Å²) in [5, 5.41) is 10.1. The minimum atomic E-state index is -0.245. The Morgan fingerprint density at radius 1 is 1.24 bits per heavy atom. The Balaban J connectivity index is 1.42. The largest absolute Gasteiger partial charge is 0.393 e. The predicted molar refractivity (Wildman–Crippen MR) is 98.5 cm³/mol. The van der Waals surface area contributed by atoms with Crippen molar-refractivity contribution < 1.29 is 9.90 Å². The van der Waals surface area contributed by atoms with Gasteiger partial charge in [-0.05, 0) is 25.0 Å². The summed E-state index contributed by atoms with van der Waals surface area (Å²) < 4.78 is 0. The standard InChI is InChI=1S/C19H30N4O2/c1-21(14-16-6-2-3-7-17(16)24)19(25)15-22-10-12-23(13-11-22)18-8-4-5-9-20-18/h4-5,8-9,16-17,24H,2-3,6-7,10-15H2,1H3. The van der Waals surface area contributed by atoms with Gasteiger partial charge in [-0.2, -0.15) is 0 Å². The summed E-state index contributed by atoms with van der Waals surface area (Å²) >= 11 is 0. The van der Waals surface area contributed by atoms with Gasteiger partial charge in [0.15, 0.2) is 0 Å². The Hall–Kier alpha value is -1.66. The Kier molecular flexibility index (Phi) is 6.26. The SMILES string of the molecule is CN(CC1CCCCC1O)C(=O)CN1CCN(c2ccccn2)CC1. The third-order valence-electron chi connectivity index (χ3n) is 5.51. The van der Waals surface area contributed by atoms with Crippen LogP contribution in [0.5, 0.6) is 0 Å². The summed E-state index contributed by atoms with van der Waals surface area (Å²) in [6.07, 6.45) is 5.75. The number of anilines is 1. The predicted octanol–water partition coefficient (Wildman–Crippen LogP) is 1.21. The van der Waals surface area contributed by atoms with Gasteiger partial charge in [0.25, 0.3) is 0 Å². The van der Waals surface area contributed by atoms with Crippen LogP contribution in [0.15, 0.2) is 24.4 Å². The molecule has 25 heavy (non-hydrogen) atoms. The fourth-order valence-electron chi connectivity index (χ4n) is 3.84. The summed E-state index contributed by atoms with van der Waals surface area (Å²) in [5.74, 6) is 1.41. The molecule has 0 radical (unpaired) electrons. The molecule has 1 aromatic rings. The van der Waals surface area contributed by atoms with E-state index in [2.05, 4.69) is 14.8 Å². The van der Waals surface area contributed by atoms with Gasteiger partial charge in [-0.25, -0.2) is 4.98 Å². The van der Waals surface area contributed by atoms with Gasteiger partial charge in [0, 0.05) is 51.9 Å². The van der Waals surface area contributed by atoms with Crippen LogP contribution in [0, 0.1) is 5.92 Å². The Morgan fingerprint density at radius 2 is 2.00 bits per heavy atom. The fraction of sp³-hybridized carbons (Fsp3) is 0.684. The van der Waals surface area contributed by atoms with Crippen molar-refractivity contribution in [3.63, 3.8) is 0 Å². The van der Waals surface area contributed by atoms with Crippen molar-refractivity contribution in [3.05, 3.63) is 24.4 Å². The molecule has 1 aromatic heterocycles. The molecule has 2 fully saturated rings. The number of piperazine rings is 1. The molecule has 2 unspecified atom stereocenters. The van der Waals surface area contributed by atoms with Crippen molar-refractivity contribution >= 4 is 11.7 Å². The van der Waals surface area contributed by atoms with Gasteiger partial charge < -0.3 is 14.9 Å². The number of hydrogen-bond acceptors (Lipinski definition) is 5. The van der Waals surface area contributed by atoms with Gasteiger partial charge in [-0.3, -0.25) is 9.69 Å². The molecule has 0 bridgehead atoms. The van der Waals surface area contributed by atoms with Crippen molar-refractivity contribution in [2.24, 2.45) is 5.92 Å². The topological polar surface area (TPSA) is 59.9 Å². The highest BCUT2D eigenvalue weighted by atomic mass is 16.3. The van der Waals surface area contributed by atoms with Crippen molar-refractivity contribution in [2.75, 3.05) is 51.2 Å². The van der Waals surface area contributed by atoms with Crippen LogP contribution < -0.4 is 4.90 Å². The van der Waals surface area contributed by atoms with Gasteiger partial charge in [-0.15, -0.1) is 0 Å². The van der Waals surface area contributed by atoms with Crippen molar-refractivity contribution in [3.8, 4) is 0 Å². The second-order valence-corrected chi connectivity index (χ2v) is 7.34. The molecule has 2 heterocycles. The van der Waals surface area contributed by atoms with E-state index in [1.54, 1.807) is 0 Å². The maximum atomic E-state index is 12.5. The Labute approximate surface area is 150 Å². The maximum Gasteiger partial charge on any atom is 0.236 e. The van der Waals surface area contributed by atoms with E-state index in [0.717, 1.165) is 51.3 Å². The van der Waals surface area contributed by atoms with Gasteiger partial charge in [-0.1, -0.05) is 18.9 Å². The minimum absolute atomic E-state index is 0.157. The first-order chi connectivity index (χ1) is 12.1. The normalized spacial score (nSPS) is 25.0. The Morgan fingerprint density at radius 3 is 2.68 bits per heavy atom. The summed E-state index contributed by atoms with van der Waals surface area (Å²) in [5.41, 5.74) is 0. The second-order valence-electron chi connectivity index (χ2n) is 7.34. The number of pyridine rings is 1. The molecule has 0 aromatic carbocycles. The molecular formula is C19H30N4O2. The number of carbonyl (C=O) groups is 1. The highest BCUT2D eigenvalue weighted by Crippen LogP contribution is 2.25. The maximum absolute atomic E-state index is 12.5. The van der Waals surface area contributed by atoms with Crippen LogP contribution in [0.4, 0.5) is 5.82 Å². The molecule has 1 amide bonds. The number of aliphatic hydroxyl groups is 1. The van der Waals surface area contributed by atoms with Gasteiger partial charge in [0.1, 0.15) is 5.82 Å². The second kappa shape index (κ2) is 8.63. The van der Waals surface area contributed by atoms with Gasteiger partial charge in [0.05, 0.1) is 12.6 Å². The number of rotatable bonds is 5. The molecule has 0 spiro atoms. The third kappa shape index (κ3) is 4.92. The van der Waals surface area contributed by atoms with Crippen LogP contribution in [-0.4, -0.2) is 78.2 Å². The van der Waals surface area contributed by atoms with Crippen molar-refractivity contribution in [2.45, 2.75) is 31.8 Å². The molecule has 1 aliphatic carbocycles. The van der Waals surface area contributed by atoms with Gasteiger partial charge >= 0.3 is 0 Å². The summed E-state index contributed by atoms with van der Waals surface area (Å²) in [6.45, 7) is 4.69. The van der Waals surface area contributed by atoms with E-state index in [4.69, 9.17) is 0 Å². The van der Waals surface area contributed by atoms with E-state index in [1.807, 2.05) is 36.3 Å². The lowest BCUT2D eigenvalue weighted by Crippen LogP contribution is -2.50. The van der Waals surface area contributed by atoms with Gasteiger partial charge in [0.2, 0.25) is 5.91 Å². The average molecular weight is 346 g/mol. The number of hydrogen-bond donors (Lipinski definition) is 1. The smallest absolute Gasteiger partial charge is 0.236 e. The number of amides is 1. The number of likely N-dealkylation sites (N-methyl/N-ethyl adjacent to an activating group) is 1. The zero-order chi connectivity index (χ0) is 17.6. The van der Waals surface area contributed by atoms with Crippen molar-refractivity contribution in [1.29, 1.82) is 0 Å². The minimum Gasteiger partial charge on any atom is -0.393 e. The zero-order valence-corrected chi connectivity index (χ0v) is 15.2. The molecule has 6 nitrogen and oxygen atoms in total. The first-order valence-electron chi connectivity index (χ1n) is 9.44. The van der Waals surface area contributed by atoms with Crippen LogP contribution in [0.2, 0.25) is 0 Å². The van der Waals surface area contributed by atoms with E-state index in [9.17, 15) is 9.90 Å². The van der Waals surface area contributed by atoms with E-state index in [0.29, 0.717) is 13.1 Å². The highest BCUT2D eigenvalue weighted by molar-refractivity contribution is 5.78. The lowest BCUT2D eigenvalue weighted by Gasteiger charge is -2.36. The van der Waals surface area contributed by atoms with Crippen LogP contribution in [-0.2, 0) is 4.79 Å². The zero-order valence-electron chi connectivity index (χ0n) is 15.2. The molecule has 1 saturated heterocycles. The number of nitrogens with zero attached hydrogens (tertiary/aromatic N) is 4. The monoisotopic (exact) mass is 346 g/mol. The molecular weight excluding hydrogens is 316 g/mol. The molecule has 1 aliphatic heterocycles. The first-order valence-corrected chi connectivity index (χ1v) is 9.44. The van der Waals surface area contributed by atoms with E-state index in [-0.39, 0.29) is 17.9 Å². The van der Waals surface area contributed by atoms with Crippen LogP contribution >= 0.6 is 0 Å². The molecule has 3 rings (SSSR count). The fourth-order valence-corrected chi connectivity index (χ4v) is 3.84. The lowest BCUT2D eigenvalue weighted by molar-refractivity contribution is -0.132. The number of carbonyl (C=O) groups excluding carboxylic acids is 1.